The lowest BCUT2D eigenvalue weighted by Crippen LogP contribution is -2.35. The van der Waals surface area contributed by atoms with Crippen molar-refractivity contribution in [2.75, 3.05) is 16.0 Å². The number of benzene rings is 2. The van der Waals surface area contributed by atoms with Crippen LogP contribution in [0.1, 0.15) is 28.1 Å². The summed E-state index contributed by atoms with van der Waals surface area (Å²) in [5.41, 5.74) is 7.51. The second kappa shape index (κ2) is 7.86. The molecule has 0 radical (unpaired) electrons. The van der Waals surface area contributed by atoms with Crippen molar-refractivity contribution in [2.24, 2.45) is 0 Å². The first-order valence-electron chi connectivity index (χ1n) is 12.2. The van der Waals surface area contributed by atoms with Gasteiger partial charge in [-0.1, -0.05) is 18.2 Å². The molecule has 0 saturated heterocycles. The average Bonchev–Trinajstić information content (AvgIpc) is 3.54. The smallest absolute Gasteiger partial charge is 0.237 e. The van der Waals surface area contributed by atoms with E-state index in [1.165, 1.54) is 6.33 Å². The van der Waals surface area contributed by atoms with Gasteiger partial charge in [-0.05, 0) is 67.6 Å². The summed E-state index contributed by atoms with van der Waals surface area (Å²) in [6, 6.07) is 16.0. The molecule has 1 aliphatic heterocycles. The third-order valence-electron chi connectivity index (χ3n) is 7.33. The Morgan fingerprint density at radius 3 is 2.70 bits per heavy atom. The van der Waals surface area contributed by atoms with Crippen LogP contribution in [0.3, 0.4) is 0 Å². The molecule has 0 saturated carbocycles. The molecule has 1 atom stereocenters. The Balaban J connectivity index is 1.17. The lowest BCUT2D eigenvalue weighted by Gasteiger charge is -2.20. The van der Waals surface area contributed by atoms with Crippen molar-refractivity contribution < 1.29 is 4.79 Å². The minimum atomic E-state index is -0.621. The topological polar surface area (TPSA) is 121 Å². The number of H-pyrrole nitrogens is 1. The van der Waals surface area contributed by atoms with Gasteiger partial charge in [0.1, 0.15) is 29.6 Å². The first kappa shape index (κ1) is 21.5. The quantitative estimate of drug-likeness (QED) is 0.286. The van der Waals surface area contributed by atoms with E-state index in [0.29, 0.717) is 30.3 Å². The zero-order chi connectivity index (χ0) is 25.1. The predicted octanol–water partition coefficient (Wildman–Crippen LogP) is 4.84. The van der Waals surface area contributed by atoms with Crippen LogP contribution in [0, 0.1) is 13.8 Å². The molecule has 4 heterocycles. The van der Waals surface area contributed by atoms with Crippen molar-refractivity contribution in [3.8, 4) is 0 Å². The van der Waals surface area contributed by atoms with E-state index in [-0.39, 0.29) is 5.91 Å². The Bertz CT molecular complexity index is 1730. The molecule has 9 heteroatoms. The third-order valence-corrected chi connectivity index (χ3v) is 7.33. The fourth-order valence-electron chi connectivity index (χ4n) is 5.67. The Labute approximate surface area is 212 Å². The van der Waals surface area contributed by atoms with Crippen LogP contribution in [-0.2, 0) is 23.1 Å². The number of rotatable bonds is 4. The summed E-state index contributed by atoms with van der Waals surface area (Å²) >= 11 is 0. The van der Waals surface area contributed by atoms with Crippen molar-refractivity contribution in [3.05, 3.63) is 89.1 Å². The first-order chi connectivity index (χ1) is 18.0. The summed E-state index contributed by atoms with van der Waals surface area (Å²) < 4.78 is 0. The SMILES string of the molecule is Cc1nc2c(C)cc(Nc3cc(Nc4cccc5c4CC4(C5)C(=O)Nc5ncccc54)ncn3)cc2[nH]1. The molecule has 37 heavy (non-hydrogen) atoms. The van der Waals surface area contributed by atoms with E-state index in [1.54, 1.807) is 6.20 Å². The van der Waals surface area contributed by atoms with Gasteiger partial charge in [0, 0.05) is 29.2 Å². The van der Waals surface area contributed by atoms with Crippen LogP contribution in [0.25, 0.3) is 11.0 Å². The maximum absolute atomic E-state index is 13.1. The second-order valence-corrected chi connectivity index (χ2v) is 9.78. The zero-order valence-electron chi connectivity index (χ0n) is 20.4. The van der Waals surface area contributed by atoms with Crippen LogP contribution in [0.2, 0.25) is 0 Å². The van der Waals surface area contributed by atoms with Gasteiger partial charge in [-0.2, -0.15) is 0 Å². The molecule has 2 aromatic carbocycles. The van der Waals surface area contributed by atoms with Crippen LogP contribution in [0.4, 0.5) is 28.8 Å². The van der Waals surface area contributed by atoms with Crippen LogP contribution >= 0.6 is 0 Å². The summed E-state index contributed by atoms with van der Waals surface area (Å²) in [6.45, 7) is 3.99. The fraction of sp³-hybridized carbons (Fsp3) is 0.179. The van der Waals surface area contributed by atoms with E-state index in [1.807, 2.05) is 50.2 Å². The molecule has 9 nitrogen and oxygen atoms in total. The standard InChI is InChI=1S/C28H24N8O/c1-15-9-18(10-22-25(15)33-16(2)32-22)34-23-11-24(31-14-30-23)35-21-7-3-5-17-12-28(13-19(17)21)20-6-4-8-29-26(20)36-27(28)37/h3-11,14H,12-13H2,1-2H3,(H,32,33)(H,29,36,37)(H2,30,31,34,35). The van der Waals surface area contributed by atoms with Crippen molar-refractivity contribution in [2.45, 2.75) is 32.1 Å². The van der Waals surface area contributed by atoms with E-state index in [4.69, 9.17) is 0 Å². The number of imidazole rings is 1. The van der Waals surface area contributed by atoms with Gasteiger partial charge >= 0.3 is 0 Å². The van der Waals surface area contributed by atoms with Crippen LogP contribution < -0.4 is 16.0 Å². The van der Waals surface area contributed by atoms with Gasteiger partial charge < -0.3 is 20.9 Å². The van der Waals surface area contributed by atoms with Gasteiger partial charge in [0.15, 0.2) is 0 Å². The lowest BCUT2D eigenvalue weighted by atomic mass is 9.79. The molecule has 0 bridgehead atoms. The molecule has 1 unspecified atom stereocenters. The summed E-state index contributed by atoms with van der Waals surface area (Å²) in [5.74, 6) is 2.90. The number of pyridine rings is 1. The van der Waals surface area contributed by atoms with E-state index < -0.39 is 5.41 Å². The molecule has 7 rings (SSSR count). The van der Waals surface area contributed by atoms with Crippen molar-refractivity contribution in [1.29, 1.82) is 0 Å². The summed E-state index contributed by atoms with van der Waals surface area (Å²) in [7, 11) is 0. The summed E-state index contributed by atoms with van der Waals surface area (Å²) in [5, 5.41) is 9.82. The van der Waals surface area contributed by atoms with Crippen LogP contribution in [0.15, 0.2) is 61.1 Å². The highest BCUT2D eigenvalue weighted by Crippen LogP contribution is 2.48. The number of hydrogen-bond acceptors (Lipinski definition) is 7. The zero-order valence-corrected chi connectivity index (χ0v) is 20.4. The Morgan fingerprint density at radius 1 is 0.946 bits per heavy atom. The van der Waals surface area contributed by atoms with Crippen molar-refractivity contribution >= 4 is 45.8 Å². The Morgan fingerprint density at radius 2 is 1.81 bits per heavy atom. The number of aryl methyl sites for hydroxylation is 2. The minimum Gasteiger partial charge on any atom is -0.342 e. The van der Waals surface area contributed by atoms with Crippen LogP contribution in [-0.4, -0.2) is 30.8 Å². The highest BCUT2D eigenvalue weighted by Gasteiger charge is 2.51. The van der Waals surface area contributed by atoms with Crippen molar-refractivity contribution in [3.63, 3.8) is 0 Å². The number of nitrogens with one attached hydrogen (secondary N) is 4. The largest absolute Gasteiger partial charge is 0.342 e. The normalized spacial score (nSPS) is 17.6. The van der Waals surface area contributed by atoms with Crippen LogP contribution in [0.5, 0.6) is 0 Å². The highest BCUT2D eigenvalue weighted by molar-refractivity contribution is 6.06. The molecule has 3 aromatic heterocycles. The summed E-state index contributed by atoms with van der Waals surface area (Å²) in [6.07, 6.45) is 4.50. The molecule has 1 amide bonds. The number of carbonyl (C=O) groups excluding carboxylic acids is 1. The predicted molar refractivity (Wildman–Crippen MR) is 143 cm³/mol. The minimum absolute atomic E-state index is 0.0107. The molecule has 2 aliphatic rings. The molecule has 0 fully saturated rings. The number of carbonyl (C=O) groups is 1. The number of hydrogen-bond donors (Lipinski definition) is 4. The second-order valence-electron chi connectivity index (χ2n) is 9.78. The molecule has 1 aliphatic carbocycles. The lowest BCUT2D eigenvalue weighted by molar-refractivity contribution is -0.120. The van der Waals surface area contributed by atoms with E-state index in [0.717, 1.165) is 50.5 Å². The molecule has 1 spiro atoms. The fourth-order valence-corrected chi connectivity index (χ4v) is 5.67. The Kier molecular flexibility index (Phi) is 4.56. The molecule has 4 N–H and O–H groups in total. The number of anilines is 5. The number of amides is 1. The molecule has 5 aromatic rings. The average molecular weight is 489 g/mol. The van der Waals surface area contributed by atoms with Gasteiger partial charge in [-0.15, -0.1) is 0 Å². The first-order valence-corrected chi connectivity index (χ1v) is 12.2. The van der Waals surface area contributed by atoms with E-state index in [2.05, 4.69) is 53.0 Å². The maximum Gasteiger partial charge on any atom is 0.237 e. The Hall–Kier alpha value is -4.79. The molecule has 182 valence electrons. The van der Waals surface area contributed by atoms with Gasteiger partial charge in [0.05, 0.1) is 16.4 Å². The monoisotopic (exact) mass is 488 g/mol. The van der Waals surface area contributed by atoms with Gasteiger partial charge in [0.2, 0.25) is 5.91 Å². The van der Waals surface area contributed by atoms with Gasteiger partial charge in [-0.3, -0.25) is 4.79 Å². The number of aromatic amines is 1. The van der Waals surface area contributed by atoms with Crippen molar-refractivity contribution in [1.82, 2.24) is 24.9 Å². The maximum atomic E-state index is 13.1. The van der Waals surface area contributed by atoms with Gasteiger partial charge in [-0.25, -0.2) is 19.9 Å². The highest BCUT2D eigenvalue weighted by atomic mass is 16.2. The third kappa shape index (κ3) is 3.42. The molecular formula is C28H24N8O. The van der Waals surface area contributed by atoms with Gasteiger partial charge in [0.25, 0.3) is 0 Å². The number of aromatic nitrogens is 5. The number of nitrogens with zero attached hydrogens (tertiary/aromatic N) is 4. The molecular weight excluding hydrogens is 464 g/mol. The van der Waals surface area contributed by atoms with E-state index in [9.17, 15) is 4.79 Å². The number of fused-ring (bicyclic) bond motifs is 4. The summed E-state index contributed by atoms with van der Waals surface area (Å²) in [4.78, 5) is 34.2. The van der Waals surface area contributed by atoms with E-state index >= 15 is 0 Å².